The van der Waals surface area contributed by atoms with Gasteiger partial charge in [0.15, 0.2) is 0 Å². The van der Waals surface area contributed by atoms with Gasteiger partial charge in [0.1, 0.15) is 11.6 Å². The third-order valence-corrected chi connectivity index (χ3v) is 3.71. The lowest BCUT2D eigenvalue weighted by Crippen LogP contribution is -2.16. The van der Waals surface area contributed by atoms with Gasteiger partial charge >= 0.3 is 0 Å². The van der Waals surface area contributed by atoms with Crippen LogP contribution in [0.5, 0.6) is 5.75 Å². The highest BCUT2D eigenvalue weighted by atomic mass is 19.1. The molecule has 22 heavy (non-hydrogen) atoms. The van der Waals surface area contributed by atoms with Crippen molar-refractivity contribution in [1.82, 2.24) is 0 Å². The van der Waals surface area contributed by atoms with Crippen LogP contribution in [0.25, 0.3) is 0 Å². The summed E-state index contributed by atoms with van der Waals surface area (Å²) >= 11 is 0. The second kappa shape index (κ2) is 7.80. The van der Waals surface area contributed by atoms with Crippen molar-refractivity contribution in [3.05, 3.63) is 59.9 Å². The van der Waals surface area contributed by atoms with E-state index >= 15 is 0 Å². The molecule has 4 heteroatoms. The number of ether oxygens (including phenoxy) is 1. The average Bonchev–Trinajstić information content (AvgIpc) is 2.53. The Labute approximate surface area is 131 Å². The molecule has 0 heterocycles. The van der Waals surface area contributed by atoms with E-state index in [0.29, 0.717) is 18.9 Å². The highest BCUT2D eigenvalue weighted by Gasteiger charge is 2.10. The van der Waals surface area contributed by atoms with Gasteiger partial charge in [-0.05, 0) is 60.8 Å². The van der Waals surface area contributed by atoms with E-state index < -0.39 is 0 Å². The Morgan fingerprint density at radius 2 is 1.68 bits per heavy atom. The lowest BCUT2D eigenvalue weighted by atomic mass is 9.96. The topological polar surface area (TPSA) is 38.5 Å². The van der Waals surface area contributed by atoms with Crippen molar-refractivity contribution in [2.75, 3.05) is 32.1 Å². The Morgan fingerprint density at radius 1 is 1.05 bits per heavy atom. The van der Waals surface area contributed by atoms with E-state index in [-0.39, 0.29) is 11.7 Å². The number of halogens is 1. The molecule has 1 unspecified atom stereocenters. The van der Waals surface area contributed by atoms with Crippen LogP contribution >= 0.6 is 0 Å². The van der Waals surface area contributed by atoms with Crippen molar-refractivity contribution >= 4 is 5.69 Å². The maximum absolute atomic E-state index is 12.8. The fourth-order valence-electron chi connectivity index (χ4n) is 2.32. The minimum Gasteiger partial charge on any atom is -0.494 e. The van der Waals surface area contributed by atoms with Crippen molar-refractivity contribution in [3.8, 4) is 5.75 Å². The molecule has 0 spiro atoms. The van der Waals surface area contributed by atoms with Gasteiger partial charge in [0.05, 0.1) is 6.61 Å². The van der Waals surface area contributed by atoms with Crippen LogP contribution in [0.3, 0.4) is 0 Å². The fraction of sp³-hybridized carbons (Fsp3) is 0.333. The summed E-state index contributed by atoms with van der Waals surface area (Å²) < 4.78 is 18.5. The molecule has 118 valence electrons. The first kappa shape index (κ1) is 16.3. The van der Waals surface area contributed by atoms with Crippen LogP contribution in [-0.2, 0) is 0 Å². The first-order valence-electron chi connectivity index (χ1n) is 7.46. The Morgan fingerprint density at radius 3 is 2.23 bits per heavy atom. The third-order valence-electron chi connectivity index (χ3n) is 3.71. The molecule has 2 rings (SSSR count). The van der Waals surface area contributed by atoms with Crippen molar-refractivity contribution in [2.45, 2.75) is 12.3 Å². The quantitative estimate of drug-likeness (QED) is 0.852. The molecule has 0 aromatic heterocycles. The van der Waals surface area contributed by atoms with Crippen molar-refractivity contribution in [1.29, 1.82) is 0 Å². The molecule has 2 aromatic rings. The molecule has 0 fully saturated rings. The summed E-state index contributed by atoms with van der Waals surface area (Å²) in [5, 5.41) is 0. The fourth-order valence-corrected chi connectivity index (χ4v) is 2.32. The average molecular weight is 302 g/mol. The number of rotatable bonds is 7. The second-order valence-corrected chi connectivity index (χ2v) is 5.51. The van der Waals surface area contributed by atoms with E-state index in [4.69, 9.17) is 10.5 Å². The molecule has 2 aromatic carbocycles. The second-order valence-electron chi connectivity index (χ2n) is 5.51. The van der Waals surface area contributed by atoms with Crippen LogP contribution in [0.1, 0.15) is 17.9 Å². The van der Waals surface area contributed by atoms with Gasteiger partial charge in [0, 0.05) is 19.8 Å². The molecular formula is C18H23FN2O. The number of nitrogens with two attached hydrogens (primary N) is 1. The maximum Gasteiger partial charge on any atom is 0.123 e. The van der Waals surface area contributed by atoms with Gasteiger partial charge in [-0.3, -0.25) is 0 Å². The molecule has 0 bridgehead atoms. The molecule has 0 saturated heterocycles. The minimum absolute atomic E-state index is 0.256. The summed E-state index contributed by atoms with van der Waals surface area (Å²) in [4.78, 5) is 2.07. The highest BCUT2D eigenvalue weighted by molar-refractivity contribution is 5.46. The molecule has 0 radical (unpaired) electrons. The van der Waals surface area contributed by atoms with Gasteiger partial charge in [-0.25, -0.2) is 4.39 Å². The van der Waals surface area contributed by atoms with Gasteiger partial charge in [-0.2, -0.15) is 0 Å². The molecular weight excluding hydrogens is 279 g/mol. The lowest BCUT2D eigenvalue weighted by molar-refractivity contribution is 0.298. The smallest absolute Gasteiger partial charge is 0.123 e. The minimum atomic E-state index is -0.256. The Hall–Kier alpha value is -2.07. The summed E-state index contributed by atoms with van der Waals surface area (Å²) in [6.45, 7) is 1.14. The molecule has 1 atom stereocenters. The molecule has 0 aliphatic carbocycles. The zero-order chi connectivity index (χ0) is 15.9. The third kappa shape index (κ3) is 4.46. The first-order chi connectivity index (χ1) is 10.6. The van der Waals surface area contributed by atoms with E-state index in [1.165, 1.54) is 23.4 Å². The van der Waals surface area contributed by atoms with E-state index in [0.717, 1.165) is 6.42 Å². The van der Waals surface area contributed by atoms with Crippen molar-refractivity contribution in [2.24, 2.45) is 5.73 Å². The normalized spacial score (nSPS) is 12.0. The van der Waals surface area contributed by atoms with Gasteiger partial charge in [0.25, 0.3) is 0 Å². The summed E-state index contributed by atoms with van der Waals surface area (Å²) in [6, 6.07) is 14.5. The molecule has 0 aliphatic rings. The Balaban J connectivity index is 1.90. The SMILES string of the molecule is CN(C)c1ccc(C(CN)CCOc2ccc(F)cc2)cc1. The number of nitrogens with zero attached hydrogens (tertiary/aromatic N) is 1. The number of hydrogen-bond donors (Lipinski definition) is 1. The Kier molecular flexibility index (Phi) is 5.78. The van der Waals surface area contributed by atoms with Crippen molar-refractivity contribution < 1.29 is 9.13 Å². The van der Waals surface area contributed by atoms with Crippen molar-refractivity contribution in [3.63, 3.8) is 0 Å². The van der Waals surface area contributed by atoms with Gasteiger partial charge in [0.2, 0.25) is 0 Å². The maximum atomic E-state index is 12.8. The largest absolute Gasteiger partial charge is 0.494 e. The number of hydrogen-bond acceptors (Lipinski definition) is 3. The number of benzene rings is 2. The van der Waals surface area contributed by atoms with E-state index in [1.807, 2.05) is 14.1 Å². The predicted octanol–water partition coefficient (Wildman–Crippen LogP) is 3.40. The molecule has 3 nitrogen and oxygen atoms in total. The van der Waals surface area contributed by atoms with Gasteiger partial charge < -0.3 is 15.4 Å². The van der Waals surface area contributed by atoms with Crippen LogP contribution in [0.15, 0.2) is 48.5 Å². The Bertz CT molecular complexity index is 567. The van der Waals surface area contributed by atoms with Crippen LogP contribution < -0.4 is 15.4 Å². The molecule has 0 saturated carbocycles. The standard InChI is InChI=1S/C18H23FN2O/c1-21(2)17-7-3-14(4-8-17)15(13-20)11-12-22-18-9-5-16(19)6-10-18/h3-10,15H,11-13,20H2,1-2H3. The first-order valence-corrected chi connectivity index (χ1v) is 7.46. The molecule has 0 aliphatic heterocycles. The summed E-state index contributed by atoms with van der Waals surface area (Å²) in [7, 11) is 4.04. The summed E-state index contributed by atoms with van der Waals surface area (Å²) in [5.74, 6) is 0.685. The molecule has 2 N–H and O–H groups in total. The summed E-state index contributed by atoms with van der Waals surface area (Å²) in [6.07, 6.45) is 0.829. The zero-order valence-corrected chi connectivity index (χ0v) is 13.1. The summed E-state index contributed by atoms with van der Waals surface area (Å²) in [5.41, 5.74) is 8.27. The van der Waals surface area contributed by atoms with E-state index in [2.05, 4.69) is 29.2 Å². The zero-order valence-electron chi connectivity index (χ0n) is 13.1. The lowest BCUT2D eigenvalue weighted by Gasteiger charge is -2.18. The van der Waals surface area contributed by atoms with E-state index in [1.54, 1.807) is 12.1 Å². The monoisotopic (exact) mass is 302 g/mol. The van der Waals surface area contributed by atoms with Crippen LogP contribution in [0, 0.1) is 5.82 Å². The van der Waals surface area contributed by atoms with Gasteiger partial charge in [-0.1, -0.05) is 12.1 Å². The number of anilines is 1. The predicted molar refractivity (Wildman–Crippen MR) is 89.1 cm³/mol. The van der Waals surface area contributed by atoms with Crippen LogP contribution in [-0.4, -0.2) is 27.2 Å². The van der Waals surface area contributed by atoms with Crippen LogP contribution in [0.2, 0.25) is 0 Å². The molecule has 0 amide bonds. The highest BCUT2D eigenvalue weighted by Crippen LogP contribution is 2.22. The van der Waals surface area contributed by atoms with Crippen LogP contribution in [0.4, 0.5) is 10.1 Å². The van der Waals surface area contributed by atoms with Gasteiger partial charge in [-0.15, -0.1) is 0 Å². The van der Waals surface area contributed by atoms with E-state index in [9.17, 15) is 4.39 Å².